The van der Waals surface area contributed by atoms with E-state index in [1.165, 1.54) is 11.1 Å². The average molecular weight is 659 g/mol. The number of methoxy groups -OCH3 is 5. The molecule has 0 saturated carbocycles. The van der Waals surface area contributed by atoms with Gasteiger partial charge in [0.15, 0.2) is 23.0 Å². The number of carbonyl (C=O) groups is 2. The molecule has 1 aliphatic rings. The average Bonchev–Trinajstić information content (AvgIpc) is 3.08. The summed E-state index contributed by atoms with van der Waals surface area (Å²) in [5.41, 5.74) is 3.48. The number of fused-ring (bicyclic) bond motifs is 1. The van der Waals surface area contributed by atoms with Gasteiger partial charge < -0.3 is 42.7 Å². The van der Waals surface area contributed by atoms with E-state index in [4.69, 9.17) is 38.3 Å². The summed E-state index contributed by atoms with van der Waals surface area (Å²) in [7, 11) is 10.4. The van der Waals surface area contributed by atoms with Gasteiger partial charge in [-0.05, 0) is 48.2 Å². The Morgan fingerprint density at radius 3 is 1.87 bits per heavy atom. The van der Waals surface area contributed by atoms with Crippen LogP contribution in [0.25, 0.3) is 0 Å². The molecule has 2 aromatic rings. The number of ether oxygens (including phenoxy) is 7. The number of hydrogen-bond acceptors (Lipinski definition) is 10. The van der Waals surface area contributed by atoms with Crippen molar-refractivity contribution >= 4 is 11.9 Å². The highest BCUT2D eigenvalue weighted by atomic mass is 16.5. The van der Waals surface area contributed by atoms with E-state index < -0.39 is 0 Å². The molecule has 0 amide bonds. The van der Waals surface area contributed by atoms with E-state index in [1.54, 1.807) is 35.5 Å². The summed E-state index contributed by atoms with van der Waals surface area (Å²) < 4.78 is 39.5. The Morgan fingerprint density at radius 2 is 1.34 bits per heavy atom. The summed E-state index contributed by atoms with van der Waals surface area (Å²) in [4.78, 5) is 24.0. The van der Waals surface area contributed by atoms with Crippen molar-refractivity contribution in [1.29, 1.82) is 0 Å². The lowest BCUT2D eigenvalue weighted by Crippen LogP contribution is -2.52. The maximum atomic E-state index is 12.4. The van der Waals surface area contributed by atoms with Crippen molar-refractivity contribution in [3.8, 4) is 28.7 Å². The number of aliphatic hydroxyl groups excluding tert-OH is 1. The van der Waals surface area contributed by atoms with E-state index in [1.807, 2.05) is 24.3 Å². The smallest absolute Gasteiger partial charge is 0.306 e. The number of likely N-dealkylation sites (N-methyl/N-ethyl adjacent to an activating group) is 1. The van der Waals surface area contributed by atoms with Crippen LogP contribution in [0.4, 0.5) is 0 Å². The van der Waals surface area contributed by atoms with Crippen molar-refractivity contribution in [2.24, 2.45) is 0 Å². The minimum Gasteiger partial charge on any atom is -0.493 e. The first-order valence-electron chi connectivity index (χ1n) is 16.2. The van der Waals surface area contributed by atoms with E-state index in [2.05, 4.69) is 19.2 Å². The first-order valence-corrected chi connectivity index (χ1v) is 16.2. The predicted molar refractivity (Wildman–Crippen MR) is 178 cm³/mol. The van der Waals surface area contributed by atoms with Crippen LogP contribution in [0, 0.1) is 0 Å². The SMILES string of the molecule is COc1cc2c(cc1OC)[C@@H](Cc1cc(OC)c(OC)c(OC)c1)[N@@+](C)(CCCOC(=O)CC/C=C/CCC(=O)OCCCO)CC2. The van der Waals surface area contributed by atoms with E-state index >= 15 is 0 Å². The molecule has 0 radical (unpaired) electrons. The summed E-state index contributed by atoms with van der Waals surface area (Å²) in [5, 5.41) is 8.74. The third kappa shape index (κ3) is 10.5. The van der Waals surface area contributed by atoms with Crippen molar-refractivity contribution in [1.82, 2.24) is 0 Å². The minimum atomic E-state index is -0.291. The standard InChI is InChI=1S/C36H52NO10/c1-37(16-11-19-46-34(39)13-9-7-8-10-14-35(40)47-20-12-18-38)17-15-27-24-30(41-2)31(42-3)25-28(27)29(37)21-26-22-32(43-4)36(45-6)33(23-26)44-5/h7-8,22-25,29,38H,9-21H2,1-6H3/q+1/b8-7+/t29-,37+/m1/s1. The molecule has 11 heteroatoms. The number of esters is 2. The zero-order chi connectivity index (χ0) is 34.2. The van der Waals surface area contributed by atoms with Crippen LogP contribution in [0.15, 0.2) is 36.4 Å². The van der Waals surface area contributed by atoms with Crippen LogP contribution in [-0.2, 0) is 31.9 Å². The van der Waals surface area contributed by atoms with Gasteiger partial charge in [0.2, 0.25) is 5.75 Å². The number of allylic oxidation sites excluding steroid dienone is 2. The van der Waals surface area contributed by atoms with Crippen molar-refractivity contribution in [2.75, 3.05) is 75.5 Å². The highest BCUT2D eigenvalue weighted by Crippen LogP contribution is 2.44. The third-order valence-corrected chi connectivity index (χ3v) is 8.64. The van der Waals surface area contributed by atoms with Crippen LogP contribution in [0.2, 0.25) is 0 Å². The van der Waals surface area contributed by atoms with Crippen molar-refractivity contribution in [2.45, 2.75) is 57.4 Å². The molecule has 3 rings (SSSR count). The number of quaternary nitrogens is 1. The quantitative estimate of drug-likeness (QED) is 0.0902. The predicted octanol–water partition coefficient (Wildman–Crippen LogP) is 4.99. The Bertz CT molecular complexity index is 1320. The first-order chi connectivity index (χ1) is 22.7. The van der Waals surface area contributed by atoms with E-state index in [0.717, 1.165) is 29.6 Å². The molecular formula is C36H52NO10+. The number of nitrogens with zero attached hydrogens (tertiary/aromatic N) is 1. The fourth-order valence-corrected chi connectivity index (χ4v) is 6.05. The lowest BCUT2D eigenvalue weighted by Gasteiger charge is -2.46. The lowest BCUT2D eigenvalue weighted by atomic mass is 9.86. The molecule has 1 heterocycles. The summed E-state index contributed by atoms with van der Waals surface area (Å²) >= 11 is 0. The summed E-state index contributed by atoms with van der Waals surface area (Å²) in [6.45, 7) is 2.29. The van der Waals surface area contributed by atoms with Crippen molar-refractivity contribution in [3.63, 3.8) is 0 Å². The third-order valence-electron chi connectivity index (χ3n) is 8.64. The van der Waals surface area contributed by atoms with Crippen LogP contribution in [-0.4, -0.2) is 97.0 Å². The van der Waals surface area contributed by atoms with Crippen molar-refractivity contribution in [3.05, 3.63) is 53.1 Å². The first kappa shape index (κ1) is 37.5. The van der Waals surface area contributed by atoms with E-state index in [-0.39, 0.29) is 44.0 Å². The number of carbonyl (C=O) groups excluding carboxylic acids is 2. The highest BCUT2D eigenvalue weighted by Gasteiger charge is 2.40. The Balaban J connectivity index is 1.65. The lowest BCUT2D eigenvalue weighted by molar-refractivity contribution is -0.941. The van der Waals surface area contributed by atoms with Gasteiger partial charge in [-0.15, -0.1) is 0 Å². The molecule has 0 spiro atoms. The molecule has 2 aromatic carbocycles. The molecule has 0 saturated heterocycles. The highest BCUT2D eigenvalue weighted by molar-refractivity contribution is 5.70. The minimum absolute atomic E-state index is 0.000963. The van der Waals surface area contributed by atoms with Crippen LogP contribution in [0.5, 0.6) is 28.7 Å². The van der Waals surface area contributed by atoms with Gasteiger partial charge in [-0.3, -0.25) is 9.59 Å². The zero-order valence-corrected chi connectivity index (χ0v) is 28.8. The normalized spacial score (nSPS) is 17.1. The maximum Gasteiger partial charge on any atom is 0.306 e. The van der Waals surface area contributed by atoms with Gasteiger partial charge in [0.05, 0.1) is 68.9 Å². The Labute approximate surface area is 278 Å². The van der Waals surface area contributed by atoms with Crippen molar-refractivity contribution < 1.29 is 52.3 Å². The van der Waals surface area contributed by atoms with Crippen LogP contribution >= 0.6 is 0 Å². The second-order valence-corrected chi connectivity index (χ2v) is 11.8. The molecule has 1 N–H and O–H groups in total. The van der Waals surface area contributed by atoms with Gasteiger partial charge in [-0.25, -0.2) is 0 Å². The molecule has 0 unspecified atom stereocenters. The Morgan fingerprint density at radius 1 is 0.787 bits per heavy atom. The van der Waals surface area contributed by atoms with E-state index in [9.17, 15) is 9.59 Å². The van der Waals surface area contributed by atoms with E-state index in [0.29, 0.717) is 67.5 Å². The molecule has 47 heavy (non-hydrogen) atoms. The summed E-state index contributed by atoms with van der Waals surface area (Å²) in [6, 6.07) is 8.26. The molecular weight excluding hydrogens is 606 g/mol. The molecule has 260 valence electrons. The summed E-state index contributed by atoms with van der Waals surface area (Å²) in [5.74, 6) is 2.65. The Hall–Kier alpha value is -3.96. The molecule has 0 bridgehead atoms. The van der Waals surface area contributed by atoms with Gasteiger partial charge in [-0.2, -0.15) is 0 Å². The van der Waals surface area contributed by atoms with Gasteiger partial charge in [0.25, 0.3) is 0 Å². The second-order valence-electron chi connectivity index (χ2n) is 11.8. The van der Waals surface area contributed by atoms with Crippen LogP contribution in [0.1, 0.15) is 61.3 Å². The molecule has 0 fully saturated rings. The number of hydrogen-bond donors (Lipinski definition) is 1. The van der Waals surface area contributed by atoms with Gasteiger partial charge in [0, 0.05) is 50.7 Å². The monoisotopic (exact) mass is 658 g/mol. The largest absolute Gasteiger partial charge is 0.493 e. The second kappa shape index (κ2) is 19.0. The van der Waals surface area contributed by atoms with Gasteiger partial charge >= 0.3 is 11.9 Å². The number of rotatable bonds is 20. The van der Waals surface area contributed by atoms with Crippen LogP contribution in [0.3, 0.4) is 0 Å². The maximum absolute atomic E-state index is 12.4. The fraction of sp³-hybridized carbons (Fsp3) is 0.556. The summed E-state index contributed by atoms with van der Waals surface area (Å²) in [6.07, 6.45) is 8.15. The Kier molecular flexibility index (Phi) is 15.2. The molecule has 2 atom stereocenters. The number of aliphatic hydroxyl groups is 1. The van der Waals surface area contributed by atoms with Gasteiger partial charge in [0.1, 0.15) is 6.04 Å². The molecule has 11 nitrogen and oxygen atoms in total. The molecule has 0 aromatic heterocycles. The number of benzene rings is 2. The van der Waals surface area contributed by atoms with Crippen LogP contribution < -0.4 is 23.7 Å². The molecule has 0 aliphatic carbocycles. The zero-order valence-electron chi connectivity index (χ0n) is 28.8. The fourth-order valence-electron chi connectivity index (χ4n) is 6.05. The van der Waals surface area contributed by atoms with Gasteiger partial charge in [-0.1, -0.05) is 12.2 Å². The molecule has 1 aliphatic heterocycles. The topological polar surface area (TPSA) is 119 Å².